The van der Waals surface area contributed by atoms with Gasteiger partial charge in [-0.05, 0) is 83.3 Å². The topological polar surface area (TPSA) is 29.3 Å². The fraction of sp³-hybridized carbons (Fsp3) is 0. The van der Waals surface area contributed by atoms with Crippen LogP contribution in [0, 0.1) is 3.57 Å². The molecule has 0 unspecified atom stereocenters. The molecule has 0 aliphatic rings. The summed E-state index contributed by atoms with van der Waals surface area (Å²) in [4.78, 5) is 2.08. The Hall–Kier alpha value is -1.10. The van der Waals surface area contributed by atoms with Crippen LogP contribution in [0.1, 0.15) is 0 Å². The summed E-state index contributed by atoms with van der Waals surface area (Å²) in [5, 5.41) is 2.34. The van der Waals surface area contributed by atoms with Crippen LogP contribution < -0.4 is 10.6 Å². The molecule has 0 heterocycles. The minimum absolute atomic E-state index is 0. The number of nitrogen functional groups attached to an aromatic ring is 1. The van der Waals surface area contributed by atoms with Gasteiger partial charge in [0.05, 0.1) is 30.1 Å². The normalized spacial score (nSPS) is 9.78. The first-order chi connectivity index (χ1) is 18.7. The van der Waals surface area contributed by atoms with Crippen LogP contribution in [0.4, 0.5) is 22.7 Å². The first-order valence-corrected chi connectivity index (χ1v) is 14.7. The van der Waals surface area contributed by atoms with Crippen LogP contribution in [0.25, 0.3) is 0 Å². The molecule has 0 atom stereocenters. The van der Waals surface area contributed by atoms with Gasteiger partial charge >= 0.3 is 0 Å². The van der Waals surface area contributed by atoms with Crippen molar-refractivity contribution in [2.45, 2.75) is 0 Å². The van der Waals surface area contributed by atoms with Crippen molar-refractivity contribution in [2.24, 2.45) is 0 Å². The maximum Gasteiger partial charge on any atom is 0.0780 e. The Labute approximate surface area is 295 Å². The molecular formula is C30H22Cl6I2N2. The van der Waals surface area contributed by atoms with E-state index in [1.54, 1.807) is 12.1 Å². The van der Waals surface area contributed by atoms with Crippen molar-refractivity contribution in [1.29, 1.82) is 0 Å². The molecule has 0 aromatic heterocycles. The Kier molecular flexibility index (Phi) is 15.6. The third-order valence-corrected chi connectivity index (χ3v) is 8.11. The second-order valence-corrected chi connectivity index (χ2v) is 11.5. The van der Waals surface area contributed by atoms with E-state index >= 15 is 0 Å². The number of anilines is 4. The van der Waals surface area contributed by atoms with Gasteiger partial charge in [0.1, 0.15) is 0 Å². The van der Waals surface area contributed by atoms with Gasteiger partial charge in [-0.3, -0.25) is 0 Å². The quantitative estimate of drug-likeness (QED) is 0.111. The monoisotopic (exact) mass is 874 g/mol. The largest absolute Gasteiger partial charge is 0.399 e. The zero-order valence-corrected chi connectivity index (χ0v) is 29.6. The van der Waals surface area contributed by atoms with Gasteiger partial charge in [0.15, 0.2) is 0 Å². The van der Waals surface area contributed by atoms with E-state index in [2.05, 4.69) is 39.6 Å². The first kappa shape index (κ1) is 35.1. The molecular weight excluding hydrogens is 855 g/mol. The minimum atomic E-state index is 0. The molecule has 2 N–H and O–H groups in total. The molecule has 0 aliphatic heterocycles. The Morgan fingerprint density at radius 1 is 0.475 bits per heavy atom. The third kappa shape index (κ3) is 10.6. The predicted octanol–water partition coefficient (Wildman–Crippen LogP) is 13.3. The number of halogens is 8. The van der Waals surface area contributed by atoms with Crippen molar-refractivity contribution in [3.8, 4) is 0 Å². The van der Waals surface area contributed by atoms with Crippen LogP contribution in [-0.2, 0) is 0 Å². The number of hydrogen-bond donors (Lipinski definition) is 1. The lowest BCUT2D eigenvalue weighted by Crippen LogP contribution is -2.09. The SMILES string of the molecule is Clc1cc(N(c2ccccc2)c2ccccc2)cc(Cl)c1Cl.I.Ic1ccccc1.Nc1cc(Cl)c(Cl)c(Cl)c1. The number of hydrogen-bond acceptors (Lipinski definition) is 2. The highest BCUT2D eigenvalue weighted by Crippen LogP contribution is 2.40. The molecule has 0 radical (unpaired) electrons. The van der Waals surface area contributed by atoms with Crippen molar-refractivity contribution in [3.63, 3.8) is 0 Å². The lowest BCUT2D eigenvalue weighted by Gasteiger charge is -2.26. The summed E-state index contributed by atoms with van der Waals surface area (Å²) in [6, 6.07) is 37.0. The number of nitrogens with zero attached hydrogens (tertiary/aromatic N) is 1. The highest BCUT2D eigenvalue weighted by Gasteiger charge is 2.15. The first-order valence-electron chi connectivity index (χ1n) is 11.3. The lowest BCUT2D eigenvalue weighted by atomic mass is 10.2. The summed E-state index contributed by atoms with van der Waals surface area (Å²) in [6.45, 7) is 0. The molecule has 5 aromatic rings. The maximum absolute atomic E-state index is 6.20. The standard InChI is InChI=1S/C18H12Cl3N.C6H4Cl3N.C6H5I.HI/c19-16-11-15(12-17(20)18(16)21)22(13-7-3-1-4-8-13)14-9-5-2-6-10-14;7-4-1-3(10)2-5(8)6(4)9;7-6-4-2-1-3-5-6;/h1-12H;1-2H,10H2;1-5H;1H. The lowest BCUT2D eigenvalue weighted by molar-refractivity contribution is 1.28. The van der Waals surface area contributed by atoms with E-state index in [1.165, 1.54) is 3.57 Å². The van der Waals surface area contributed by atoms with E-state index in [0.29, 0.717) is 35.8 Å². The van der Waals surface area contributed by atoms with Crippen molar-refractivity contribution in [2.75, 3.05) is 10.6 Å². The van der Waals surface area contributed by atoms with Crippen molar-refractivity contribution >= 4 is 139 Å². The Bertz CT molecular complexity index is 1410. The van der Waals surface area contributed by atoms with E-state index in [9.17, 15) is 0 Å². The predicted molar refractivity (Wildman–Crippen MR) is 197 cm³/mol. The van der Waals surface area contributed by atoms with Gasteiger partial charge < -0.3 is 10.6 Å². The fourth-order valence-electron chi connectivity index (χ4n) is 3.26. The summed E-state index contributed by atoms with van der Waals surface area (Å²) >= 11 is 37.6. The Morgan fingerprint density at radius 3 is 1.12 bits per heavy atom. The molecule has 10 heteroatoms. The van der Waals surface area contributed by atoms with Crippen LogP contribution in [0.5, 0.6) is 0 Å². The summed E-state index contributed by atoms with van der Waals surface area (Å²) in [5.41, 5.74) is 8.81. The second-order valence-electron chi connectivity index (χ2n) is 7.82. The zero-order chi connectivity index (χ0) is 28.4. The summed E-state index contributed by atoms with van der Waals surface area (Å²) in [5.74, 6) is 0. The van der Waals surface area contributed by atoms with E-state index in [1.807, 2.05) is 91.0 Å². The molecule has 0 amide bonds. The highest BCUT2D eigenvalue weighted by molar-refractivity contribution is 14.1. The molecule has 5 aromatic carbocycles. The number of para-hydroxylation sites is 2. The van der Waals surface area contributed by atoms with Crippen LogP contribution in [0.15, 0.2) is 115 Å². The fourth-order valence-corrected chi connectivity index (χ4v) is 4.88. The molecule has 0 saturated carbocycles. The smallest absolute Gasteiger partial charge is 0.0780 e. The highest BCUT2D eigenvalue weighted by atomic mass is 127. The molecule has 208 valence electrons. The summed E-state index contributed by atoms with van der Waals surface area (Å²) < 4.78 is 1.29. The molecule has 0 fully saturated rings. The van der Waals surface area contributed by atoms with Crippen molar-refractivity contribution < 1.29 is 0 Å². The average Bonchev–Trinajstić information content (AvgIpc) is 2.93. The van der Waals surface area contributed by atoms with Crippen LogP contribution in [-0.4, -0.2) is 0 Å². The van der Waals surface area contributed by atoms with Gasteiger partial charge in [0.2, 0.25) is 0 Å². The van der Waals surface area contributed by atoms with Gasteiger partial charge in [0, 0.05) is 26.3 Å². The molecule has 0 bridgehead atoms. The Morgan fingerprint density at radius 2 is 0.800 bits per heavy atom. The van der Waals surface area contributed by atoms with Gasteiger partial charge in [0.25, 0.3) is 0 Å². The average molecular weight is 877 g/mol. The Balaban J connectivity index is 0.000000257. The molecule has 0 spiro atoms. The van der Waals surface area contributed by atoms with E-state index in [-0.39, 0.29) is 24.0 Å². The van der Waals surface area contributed by atoms with E-state index in [4.69, 9.17) is 75.3 Å². The summed E-state index contributed by atoms with van der Waals surface area (Å²) in [6.07, 6.45) is 0. The maximum atomic E-state index is 6.20. The molecule has 40 heavy (non-hydrogen) atoms. The zero-order valence-electron chi connectivity index (χ0n) is 20.5. The molecule has 5 rings (SSSR count). The summed E-state index contributed by atoms with van der Waals surface area (Å²) in [7, 11) is 0. The van der Waals surface area contributed by atoms with Crippen LogP contribution in [0.3, 0.4) is 0 Å². The molecule has 2 nitrogen and oxygen atoms in total. The van der Waals surface area contributed by atoms with Gasteiger partial charge in [-0.15, -0.1) is 24.0 Å². The van der Waals surface area contributed by atoms with Crippen LogP contribution >= 0.6 is 116 Å². The van der Waals surface area contributed by atoms with Gasteiger partial charge in [-0.2, -0.15) is 0 Å². The van der Waals surface area contributed by atoms with Crippen molar-refractivity contribution in [3.05, 3.63) is 149 Å². The number of benzene rings is 5. The van der Waals surface area contributed by atoms with Crippen molar-refractivity contribution in [1.82, 2.24) is 0 Å². The molecule has 0 saturated heterocycles. The minimum Gasteiger partial charge on any atom is -0.399 e. The van der Waals surface area contributed by atoms with Gasteiger partial charge in [-0.1, -0.05) is 124 Å². The molecule has 0 aliphatic carbocycles. The van der Waals surface area contributed by atoms with E-state index in [0.717, 1.165) is 17.1 Å². The van der Waals surface area contributed by atoms with E-state index < -0.39 is 0 Å². The number of rotatable bonds is 3. The number of nitrogens with two attached hydrogens (primary N) is 1. The van der Waals surface area contributed by atoms with Gasteiger partial charge in [-0.25, -0.2) is 0 Å². The van der Waals surface area contributed by atoms with Crippen LogP contribution in [0.2, 0.25) is 30.1 Å². The third-order valence-electron chi connectivity index (χ3n) is 4.99. The second kappa shape index (κ2) is 17.8.